The molecule has 14 N–H and O–H groups in total. The Morgan fingerprint density at radius 3 is 1.48 bits per heavy atom. The summed E-state index contributed by atoms with van der Waals surface area (Å²) in [7, 11) is 0. The lowest BCUT2D eigenvalue weighted by Crippen LogP contribution is -2.61. The zero-order valence-electron chi connectivity index (χ0n) is 40.6. The Morgan fingerprint density at radius 2 is 0.973 bits per heavy atom. The van der Waals surface area contributed by atoms with Crippen molar-refractivity contribution in [1.82, 2.24) is 31.9 Å². The molecule has 0 saturated heterocycles. The van der Waals surface area contributed by atoms with Gasteiger partial charge in [-0.3, -0.25) is 38.4 Å². The average Bonchev–Trinajstić information content (AvgIpc) is 3.35. The lowest BCUT2D eigenvalue weighted by molar-refractivity contribution is -0.141. The predicted molar refractivity (Wildman–Crippen MR) is 261 cm³/mol. The van der Waals surface area contributed by atoms with Gasteiger partial charge in [0.15, 0.2) is 0 Å². The molecule has 3 aromatic carbocycles. The third-order valence-corrected chi connectivity index (χ3v) is 10.5. The zero-order valence-corrected chi connectivity index (χ0v) is 40.6. The quantitative estimate of drug-likeness (QED) is 0.0275. The van der Waals surface area contributed by atoms with Gasteiger partial charge in [0.2, 0.25) is 41.4 Å². The normalized spacial score (nSPS) is 13.5. The number of aliphatic hydroxyl groups excluding tert-OH is 1. The summed E-state index contributed by atoms with van der Waals surface area (Å²) in [5.41, 5.74) is 12.5. The number of carboxylic acid groups (broad SMARTS) is 1. The maximum atomic E-state index is 14.1. The van der Waals surface area contributed by atoms with E-state index in [1.165, 1.54) is 55.5 Å². The van der Waals surface area contributed by atoms with Crippen LogP contribution >= 0.6 is 0 Å². The van der Waals surface area contributed by atoms with Crippen molar-refractivity contribution in [1.29, 1.82) is 0 Å². The minimum absolute atomic E-state index is 0.0101. The van der Waals surface area contributed by atoms with E-state index in [0.29, 0.717) is 69.3 Å². The highest BCUT2D eigenvalue weighted by Crippen LogP contribution is 2.14. The third-order valence-electron chi connectivity index (χ3n) is 10.5. The Morgan fingerprint density at radius 1 is 0.534 bits per heavy atom. The topological polar surface area (TPSA) is 379 Å². The van der Waals surface area contributed by atoms with E-state index in [1.807, 2.05) is 0 Å². The van der Waals surface area contributed by atoms with Crippen LogP contribution in [0.4, 0.5) is 0 Å². The Labute approximate surface area is 422 Å². The maximum absolute atomic E-state index is 14.1. The van der Waals surface area contributed by atoms with E-state index in [0.717, 1.165) is 6.42 Å². The van der Waals surface area contributed by atoms with Crippen molar-refractivity contribution in [2.24, 2.45) is 11.5 Å². The van der Waals surface area contributed by atoms with Gasteiger partial charge in [-0.15, -0.1) is 0 Å². The molecule has 0 aliphatic rings. The smallest absolute Gasteiger partial charge is 0.305 e. The number of hydrogen-bond acceptors (Lipinski definition) is 16. The maximum Gasteiger partial charge on any atom is 0.305 e. The number of aliphatic hydroxyl groups is 1. The molecule has 24 nitrogen and oxygen atoms in total. The number of carbonyl (C=O) groups excluding carboxylic acids is 7. The van der Waals surface area contributed by atoms with Crippen LogP contribution in [0.5, 0.6) is 11.5 Å². The van der Waals surface area contributed by atoms with Crippen LogP contribution < -0.4 is 43.4 Å². The van der Waals surface area contributed by atoms with Gasteiger partial charge < -0.3 is 82.7 Å². The number of ether oxygens (including phenoxy) is 4. The second-order valence-electron chi connectivity index (χ2n) is 16.6. The van der Waals surface area contributed by atoms with E-state index in [9.17, 15) is 58.8 Å². The molecule has 0 aliphatic carbocycles. The number of carboxylic acids is 1. The highest BCUT2D eigenvalue weighted by atomic mass is 16.5. The first-order valence-electron chi connectivity index (χ1n) is 23.5. The molecule has 0 aliphatic heterocycles. The Hall–Kier alpha value is -7.22. The predicted octanol–water partition coefficient (Wildman–Crippen LogP) is -2.19. The monoisotopic (exact) mass is 1020 g/mol. The van der Waals surface area contributed by atoms with Crippen LogP contribution in [0.15, 0.2) is 78.9 Å². The first kappa shape index (κ1) is 60.1. The number of nitrogens with one attached hydrogen (secondary N) is 6. The van der Waals surface area contributed by atoms with Crippen LogP contribution in [0.25, 0.3) is 0 Å². The summed E-state index contributed by atoms with van der Waals surface area (Å²) in [6.07, 6.45) is -1.91. The SMILES string of the molecule is CC(O)[C@@H](NC(=O)COCC(=O)NCCCOCCOCCOCCCN)C(=O)N[C@@H](Cc1ccc(O)cc1)C(=O)N[C@H](CC(=O)O)C(=O)N[C@@H](Cc1ccc(O)cc1)C(=O)N[C@@H](Cc1ccccc1)C(N)=O. The molecule has 0 bridgehead atoms. The van der Waals surface area contributed by atoms with Crippen LogP contribution in [0.2, 0.25) is 0 Å². The summed E-state index contributed by atoms with van der Waals surface area (Å²) in [6, 6.07) is 11.7. The largest absolute Gasteiger partial charge is 0.508 e. The fraction of sp³-hybridized carbons (Fsp3) is 0.469. The molecule has 1 unspecified atom stereocenters. The van der Waals surface area contributed by atoms with Gasteiger partial charge in [-0.2, -0.15) is 0 Å². The molecule has 0 saturated carbocycles. The fourth-order valence-electron chi connectivity index (χ4n) is 6.73. The van der Waals surface area contributed by atoms with E-state index in [2.05, 4.69) is 31.9 Å². The number of hydrogen-bond donors (Lipinski definition) is 12. The number of nitrogens with two attached hydrogens (primary N) is 2. The summed E-state index contributed by atoms with van der Waals surface area (Å²) in [6.45, 7) is 3.29. The molecule has 0 fully saturated rings. The van der Waals surface area contributed by atoms with E-state index in [4.69, 9.17) is 30.4 Å². The third kappa shape index (κ3) is 24.6. The van der Waals surface area contributed by atoms with Crippen LogP contribution in [-0.2, 0) is 76.6 Å². The number of phenolic OH excluding ortho intramolecular Hbond substituents is 2. The first-order valence-corrected chi connectivity index (χ1v) is 23.5. The van der Waals surface area contributed by atoms with Crippen molar-refractivity contribution in [2.75, 3.05) is 65.9 Å². The highest BCUT2D eigenvalue weighted by molar-refractivity contribution is 5.98. The summed E-state index contributed by atoms with van der Waals surface area (Å²) in [5.74, 6) is -8.38. The van der Waals surface area contributed by atoms with Gasteiger partial charge in [-0.1, -0.05) is 54.6 Å². The molecule has 24 heteroatoms. The molecule has 3 rings (SSSR count). The van der Waals surface area contributed by atoms with E-state index < -0.39 is 103 Å². The van der Waals surface area contributed by atoms with Crippen LogP contribution in [0.3, 0.4) is 0 Å². The second kappa shape index (κ2) is 33.4. The average molecular weight is 1030 g/mol. The van der Waals surface area contributed by atoms with Gasteiger partial charge in [-0.25, -0.2) is 0 Å². The minimum Gasteiger partial charge on any atom is -0.508 e. The summed E-state index contributed by atoms with van der Waals surface area (Å²) >= 11 is 0. The lowest BCUT2D eigenvalue weighted by Gasteiger charge is -2.27. The van der Waals surface area contributed by atoms with Gasteiger partial charge >= 0.3 is 5.97 Å². The standard InChI is InChI=1S/C49H68N8O16/c1-31(58)44(57-42(62)30-73-29-41(61)52-18-6-20-71-22-24-72-23-21-70-19-5-17-50)49(69)56-39(27-34-11-15-36(60)16-12-34)47(67)55-40(28-43(63)64)48(68)54-38(26-33-9-13-35(59)14-10-33)46(66)53-37(45(51)65)25-32-7-3-2-4-8-32/h2-4,7-16,31,37-40,44,58-60H,5-6,17-30,50H2,1H3,(H2,51,65)(H,52,61)(H,53,66)(H,54,68)(H,55,67)(H,56,69)(H,57,62)(H,63,64)/t31?,37-,38-,39-,40+,44+/m0/s1. The van der Waals surface area contributed by atoms with Crippen LogP contribution in [0, 0.1) is 0 Å². The molecule has 73 heavy (non-hydrogen) atoms. The van der Waals surface area contributed by atoms with Gasteiger partial charge in [0.25, 0.3) is 0 Å². The number of amides is 7. The van der Waals surface area contributed by atoms with Crippen LogP contribution in [-0.4, -0.2) is 170 Å². The molecule has 6 atom stereocenters. The zero-order chi connectivity index (χ0) is 53.5. The number of benzene rings is 3. The van der Waals surface area contributed by atoms with E-state index in [1.54, 1.807) is 30.3 Å². The summed E-state index contributed by atoms with van der Waals surface area (Å²) in [4.78, 5) is 105. The molecule has 0 spiro atoms. The molecular formula is C49H68N8O16. The molecule has 7 amide bonds. The molecule has 0 radical (unpaired) electrons. The van der Waals surface area contributed by atoms with E-state index >= 15 is 0 Å². The molecule has 0 heterocycles. The van der Waals surface area contributed by atoms with Gasteiger partial charge in [-0.05, 0) is 67.3 Å². The van der Waals surface area contributed by atoms with Crippen molar-refractivity contribution in [3.05, 3.63) is 95.6 Å². The number of rotatable bonds is 36. The van der Waals surface area contributed by atoms with Gasteiger partial charge in [0.05, 0.1) is 39.0 Å². The van der Waals surface area contributed by atoms with E-state index in [-0.39, 0.29) is 37.3 Å². The fourth-order valence-corrected chi connectivity index (χ4v) is 6.73. The number of aliphatic carboxylic acids is 1. The number of carbonyl (C=O) groups is 8. The van der Waals surface area contributed by atoms with Gasteiger partial charge in [0, 0.05) is 39.0 Å². The van der Waals surface area contributed by atoms with Crippen molar-refractivity contribution in [2.45, 2.75) is 81.8 Å². The Kier molecular flexibility index (Phi) is 27.5. The second-order valence-corrected chi connectivity index (χ2v) is 16.6. The van der Waals surface area contributed by atoms with Crippen molar-refractivity contribution >= 4 is 47.3 Å². The first-order chi connectivity index (χ1) is 34.9. The molecule has 400 valence electrons. The van der Waals surface area contributed by atoms with Gasteiger partial charge in [0.1, 0.15) is 54.9 Å². The Balaban J connectivity index is 1.66. The number of aromatic hydroxyl groups is 2. The van der Waals surface area contributed by atoms with Crippen molar-refractivity contribution in [3.8, 4) is 11.5 Å². The summed E-state index contributed by atoms with van der Waals surface area (Å²) < 4.78 is 21.4. The molecule has 3 aromatic rings. The van der Waals surface area contributed by atoms with Crippen molar-refractivity contribution < 1.29 is 77.7 Å². The molecule has 0 aromatic heterocycles. The highest BCUT2D eigenvalue weighted by Gasteiger charge is 2.34. The Bertz CT molecular complexity index is 2200. The van der Waals surface area contributed by atoms with Crippen molar-refractivity contribution in [3.63, 3.8) is 0 Å². The summed E-state index contributed by atoms with van der Waals surface area (Å²) in [5, 5.41) is 54.7. The van der Waals surface area contributed by atoms with Crippen LogP contribution in [0.1, 0.15) is 42.9 Å². The lowest BCUT2D eigenvalue weighted by atomic mass is 10.0. The number of primary amides is 1. The molecular weight excluding hydrogens is 957 g/mol. The minimum atomic E-state index is -1.89. The number of phenols is 2.